The molecule has 0 fully saturated rings. The first-order valence-corrected chi connectivity index (χ1v) is 2.78. The Kier molecular flexibility index (Phi) is 57.5. The molecule has 4 radical (unpaired) electrons. The van der Waals surface area contributed by atoms with Crippen LogP contribution in [0.15, 0.2) is 30.3 Å². The Labute approximate surface area is 247 Å². The van der Waals surface area contributed by atoms with Crippen LogP contribution in [-0.2, 0) is 0 Å². The van der Waals surface area contributed by atoms with Crippen LogP contribution in [0, 0.1) is 0 Å². The van der Waals surface area contributed by atoms with E-state index in [4.69, 9.17) is 0 Å². The molecular formula is C6H9K4OP. The van der Waals surface area contributed by atoms with Crippen molar-refractivity contribution < 1.29 is 5.48 Å². The first-order valence-electron chi connectivity index (χ1n) is 2.20. The molecule has 0 spiro atoms. The molecule has 0 heterocycles. The third kappa shape index (κ3) is 18.5. The Hall–Kier alpha value is 6.16. The van der Waals surface area contributed by atoms with Gasteiger partial charge in [-0.1, -0.05) is 30.3 Å². The molecule has 0 aromatic heterocycles. The second kappa shape index (κ2) is 22.3. The van der Waals surface area contributed by atoms with Gasteiger partial charge in [-0.2, -0.15) is 0 Å². The average Bonchev–Trinajstić information content (AvgIpc) is 1.69. The van der Waals surface area contributed by atoms with E-state index in [1.165, 1.54) is 5.30 Å². The molecule has 0 aliphatic rings. The van der Waals surface area contributed by atoms with E-state index in [2.05, 4.69) is 9.24 Å². The van der Waals surface area contributed by atoms with Gasteiger partial charge in [-0.15, -0.1) is 9.24 Å². The molecule has 1 aromatic carbocycles. The summed E-state index contributed by atoms with van der Waals surface area (Å²) in [6, 6.07) is 10.1. The molecule has 1 atom stereocenters. The Balaban J connectivity index is -0.0000000327. The maximum atomic E-state index is 2.63. The van der Waals surface area contributed by atoms with E-state index >= 15 is 0 Å². The van der Waals surface area contributed by atoms with Crippen molar-refractivity contribution in [1.82, 2.24) is 0 Å². The molecule has 0 amide bonds. The molecule has 0 aliphatic carbocycles. The molecule has 1 unspecified atom stereocenters. The topological polar surface area (TPSA) is 31.5 Å². The van der Waals surface area contributed by atoms with Gasteiger partial charge in [0.1, 0.15) is 0 Å². The van der Waals surface area contributed by atoms with Gasteiger partial charge in [0, 0.05) is 206 Å². The fourth-order valence-corrected chi connectivity index (χ4v) is 0.675. The van der Waals surface area contributed by atoms with E-state index < -0.39 is 0 Å². The normalized spacial score (nSPS) is 5.08. The van der Waals surface area contributed by atoms with Gasteiger partial charge in [-0.05, 0) is 5.30 Å². The number of hydrogen-bond acceptors (Lipinski definition) is 0. The Morgan fingerprint density at radius 1 is 0.750 bits per heavy atom. The van der Waals surface area contributed by atoms with Crippen LogP contribution in [0.1, 0.15) is 0 Å². The molecule has 0 aliphatic heterocycles. The molecular weight excluding hydrogens is 275 g/mol. The minimum absolute atomic E-state index is 0. The SMILES string of the molecule is O.Pc1ccccc1.[K].[K].[K].[K]. The molecule has 48 valence electrons. The predicted molar refractivity (Wildman–Crippen MR) is 62.4 cm³/mol. The molecule has 0 saturated carbocycles. The van der Waals surface area contributed by atoms with Crippen molar-refractivity contribution in [3.05, 3.63) is 30.3 Å². The smallest absolute Gasteiger partial charge is 0 e. The van der Waals surface area contributed by atoms with Gasteiger partial charge >= 0.3 is 0 Å². The van der Waals surface area contributed by atoms with E-state index in [0.29, 0.717) is 0 Å². The zero-order valence-electron chi connectivity index (χ0n) is 8.46. The van der Waals surface area contributed by atoms with Gasteiger partial charge in [0.2, 0.25) is 0 Å². The summed E-state index contributed by atoms with van der Waals surface area (Å²) in [5.74, 6) is 0. The fourth-order valence-electron chi connectivity index (χ4n) is 0.453. The third-order valence-electron chi connectivity index (χ3n) is 0.800. The van der Waals surface area contributed by atoms with Crippen molar-refractivity contribution in [2.45, 2.75) is 0 Å². The van der Waals surface area contributed by atoms with E-state index in [0.717, 1.165) is 0 Å². The zero-order valence-corrected chi connectivity index (χ0v) is 22.1. The van der Waals surface area contributed by atoms with Crippen molar-refractivity contribution in [3.63, 3.8) is 0 Å². The average molecular weight is 285 g/mol. The van der Waals surface area contributed by atoms with Gasteiger partial charge in [0.15, 0.2) is 0 Å². The van der Waals surface area contributed by atoms with Crippen molar-refractivity contribution in [2.75, 3.05) is 0 Å². The maximum absolute atomic E-state index is 2.63. The minimum Gasteiger partial charge on any atom is -0.412 e. The van der Waals surface area contributed by atoms with Crippen LogP contribution in [0.2, 0.25) is 0 Å². The van der Waals surface area contributed by atoms with Gasteiger partial charge in [-0.3, -0.25) is 0 Å². The van der Waals surface area contributed by atoms with Gasteiger partial charge < -0.3 is 5.48 Å². The monoisotopic (exact) mass is 284 g/mol. The summed E-state index contributed by atoms with van der Waals surface area (Å²) >= 11 is 0. The van der Waals surface area contributed by atoms with Crippen LogP contribution in [0.5, 0.6) is 0 Å². The van der Waals surface area contributed by atoms with Crippen molar-refractivity contribution in [1.29, 1.82) is 0 Å². The number of benzene rings is 1. The van der Waals surface area contributed by atoms with Crippen molar-refractivity contribution >= 4 is 220 Å². The summed E-state index contributed by atoms with van der Waals surface area (Å²) in [7, 11) is 2.63. The summed E-state index contributed by atoms with van der Waals surface area (Å²) in [5, 5.41) is 1.24. The maximum Gasteiger partial charge on any atom is 0 e. The Bertz CT molecular complexity index is 149. The molecule has 2 N–H and O–H groups in total. The third-order valence-corrected chi connectivity index (χ3v) is 1.18. The van der Waals surface area contributed by atoms with Crippen molar-refractivity contribution in [2.24, 2.45) is 0 Å². The molecule has 1 aromatic rings. The van der Waals surface area contributed by atoms with Crippen LogP contribution in [0.3, 0.4) is 0 Å². The van der Waals surface area contributed by atoms with E-state index in [9.17, 15) is 0 Å². The second-order valence-corrected chi connectivity index (χ2v) is 2.08. The molecule has 1 nitrogen and oxygen atoms in total. The molecule has 0 bridgehead atoms. The summed E-state index contributed by atoms with van der Waals surface area (Å²) in [6.45, 7) is 0. The Morgan fingerprint density at radius 2 is 1.08 bits per heavy atom. The predicted octanol–water partition coefficient (Wildman–Crippen LogP) is -1.16. The van der Waals surface area contributed by atoms with E-state index in [1.807, 2.05) is 30.3 Å². The van der Waals surface area contributed by atoms with Crippen LogP contribution in [0.4, 0.5) is 0 Å². The number of rotatable bonds is 0. The van der Waals surface area contributed by atoms with Crippen LogP contribution in [0.25, 0.3) is 0 Å². The molecule has 12 heavy (non-hydrogen) atoms. The summed E-state index contributed by atoms with van der Waals surface area (Å²) in [6.07, 6.45) is 0. The molecule has 1 rings (SSSR count). The first kappa shape index (κ1) is 30.9. The van der Waals surface area contributed by atoms with Gasteiger partial charge in [-0.25, -0.2) is 0 Å². The van der Waals surface area contributed by atoms with Crippen LogP contribution < -0.4 is 5.30 Å². The quantitative estimate of drug-likeness (QED) is 0.425. The standard InChI is InChI=1S/C6H7P.4K.H2O/c7-6-4-2-1-3-5-6;;;;;/h1-5H,7H2;;;;;1H2. The number of hydrogen-bond donors (Lipinski definition) is 0. The first-order chi connectivity index (χ1) is 3.39. The van der Waals surface area contributed by atoms with Crippen LogP contribution >= 0.6 is 9.24 Å². The minimum atomic E-state index is 0. The summed E-state index contributed by atoms with van der Waals surface area (Å²) < 4.78 is 0. The van der Waals surface area contributed by atoms with Crippen LogP contribution in [-0.4, -0.2) is 211 Å². The zero-order chi connectivity index (χ0) is 5.11. The Morgan fingerprint density at radius 3 is 1.25 bits per heavy atom. The largest absolute Gasteiger partial charge is 0.412 e. The second-order valence-electron chi connectivity index (χ2n) is 1.41. The summed E-state index contributed by atoms with van der Waals surface area (Å²) in [4.78, 5) is 0. The summed E-state index contributed by atoms with van der Waals surface area (Å²) in [5.41, 5.74) is 0. The van der Waals surface area contributed by atoms with Crippen molar-refractivity contribution in [3.8, 4) is 0 Å². The van der Waals surface area contributed by atoms with Gasteiger partial charge in [0.05, 0.1) is 0 Å². The van der Waals surface area contributed by atoms with Gasteiger partial charge in [0.25, 0.3) is 0 Å². The molecule has 6 heteroatoms. The molecule has 0 saturated heterocycles. The van der Waals surface area contributed by atoms with E-state index in [1.54, 1.807) is 0 Å². The fraction of sp³-hybridized carbons (Fsp3) is 0. The van der Waals surface area contributed by atoms with E-state index in [-0.39, 0.29) is 211 Å².